The molecule has 0 aliphatic carbocycles. The standard InChI is InChI=1S/C42H30/c1-4-12-31(13-5-1)34-22-24-35(25-23-34)36-18-10-19-37(26-36)38-20-11-21-39(27-38)42-29-40(32-14-6-2-7-15-32)28-41(30-42)33-16-8-3-9-17-33/h1-30H. The second-order valence-electron chi connectivity index (χ2n) is 10.6. The molecule has 0 aliphatic heterocycles. The van der Waals surface area contributed by atoms with Gasteiger partial charge < -0.3 is 0 Å². The Labute approximate surface area is 248 Å². The van der Waals surface area contributed by atoms with Gasteiger partial charge in [-0.2, -0.15) is 0 Å². The van der Waals surface area contributed by atoms with Crippen LogP contribution >= 0.6 is 0 Å². The lowest BCUT2D eigenvalue weighted by molar-refractivity contribution is 1.55. The summed E-state index contributed by atoms with van der Waals surface area (Å²) in [5.74, 6) is 0. The molecule has 0 amide bonds. The van der Waals surface area contributed by atoms with Gasteiger partial charge in [0, 0.05) is 0 Å². The Kier molecular flexibility index (Phi) is 7.02. The SMILES string of the molecule is c1ccc(-c2ccc(-c3cccc(-c4cccc(-c5cc(-c6ccccc6)cc(-c6ccccc6)c5)c4)c3)cc2)cc1. The zero-order chi connectivity index (χ0) is 28.1. The van der Waals surface area contributed by atoms with E-state index in [1.165, 1.54) is 66.8 Å². The van der Waals surface area contributed by atoms with Crippen LogP contribution in [-0.2, 0) is 0 Å². The number of hydrogen-bond donors (Lipinski definition) is 0. The van der Waals surface area contributed by atoms with Crippen molar-refractivity contribution >= 4 is 0 Å². The first kappa shape index (κ1) is 25.5. The van der Waals surface area contributed by atoms with E-state index in [2.05, 4.69) is 182 Å². The normalized spacial score (nSPS) is 10.9. The van der Waals surface area contributed by atoms with E-state index in [1.54, 1.807) is 0 Å². The molecule has 0 N–H and O–H groups in total. The van der Waals surface area contributed by atoms with Gasteiger partial charge in [0.05, 0.1) is 0 Å². The minimum atomic E-state index is 1.21. The van der Waals surface area contributed by atoms with E-state index in [9.17, 15) is 0 Å². The Morgan fingerprint density at radius 2 is 0.357 bits per heavy atom. The molecule has 0 saturated heterocycles. The molecule has 0 aliphatic rings. The first-order valence-electron chi connectivity index (χ1n) is 14.4. The Balaban J connectivity index is 1.25. The summed E-state index contributed by atoms with van der Waals surface area (Å²) in [5, 5.41) is 0. The molecule has 0 radical (unpaired) electrons. The zero-order valence-electron chi connectivity index (χ0n) is 23.3. The molecule has 0 heteroatoms. The van der Waals surface area contributed by atoms with Crippen LogP contribution in [-0.4, -0.2) is 0 Å². The molecule has 0 unspecified atom stereocenters. The van der Waals surface area contributed by atoms with Gasteiger partial charge in [-0.1, -0.05) is 152 Å². The van der Waals surface area contributed by atoms with E-state index >= 15 is 0 Å². The van der Waals surface area contributed by atoms with Crippen molar-refractivity contribution in [3.8, 4) is 66.8 Å². The van der Waals surface area contributed by atoms with Crippen molar-refractivity contribution < 1.29 is 0 Å². The fourth-order valence-corrected chi connectivity index (χ4v) is 5.63. The van der Waals surface area contributed by atoms with E-state index in [0.29, 0.717) is 0 Å². The number of hydrogen-bond acceptors (Lipinski definition) is 0. The Hall–Kier alpha value is -5.46. The predicted molar refractivity (Wildman–Crippen MR) is 179 cm³/mol. The van der Waals surface area contributed by atoms with Crippen molar-refractivity contribution in [1.29, 1.82) is 0 Å². The van der Waals surface area contributed by atoms with Crippen molar-refractivity contribution in [3.05, 3.63) is 182 Å². The van der Waals surface area contributed by atoms with E-state index in [1.807, 2.05) is 0 Å². The summed E-state index contributed by atoms with van der Waals surface area (Å²) in [7, 11) is 0. The molecular formula is C42H30. The van der Waals surface area contributed by atoms with Crippen molar-refractivity contribution in [3.63, 3.8) is 0 Å². The lowest BCUT2D eigenvalue weighted by Crippen LogP contribution is -1.87. The van der Waals surface area contributed by atoms with E-state index in [0.717, 1.165) is 0 Å². The van der Waals surface area contributed by atoms with Gasteiger partial charge in [0.15, 0.2) is 0 Å². The van der Waals surface area contributed by atoms with Crippen molar-refractivity contribution in [2.75, 3.05) is 0 Å². The van der Waals surface area contributed by atoms with Crippen LogP contribution in [0.1, 0.15) is 0 Å². The largest absolute Gasteiger partial charge is 0.0622 e. The average molecular weight is 535 g/mol. The van der Waals surface area contributed by atoms with Gasteiger partial charge in [0.1, 0.15) is 0 Å². The molecule has 7 aromatic carbocycles. The summed E-state index contributed by atoms with van der Waals surface area (Å²) in [6, 6.07) is 65.4. The molecule has 0 nitrogen and oxygen atoms in total. The van der Waals surface area contributed by atoms with Gasteiger partial charge >= 0.3 is 0 Å². The maximum absolute atomic E-state index is 2.32. The van der Waals surface area contributed by atoms with Crippen LogP contribution in [0.5, 0.6) is 0 Å². The third-order valence-corrected chi connectivity index (χ3v) is 7.86. The highest BCUT2D eigenvalue weighted by molar-refractivity contribution is 5.83. The second kappa shape index (κ2) is 11.6. The van der Waals surface area contributed by atoms with Crippen molar-refractivity contribution in [1.82, 2.24) is 0 Å². The lowest BCUT2D eigenvalue weighted by Gasteiger charge is -2.13. The van der Waals surface area contributed by atoms with Gasteiger partial charge in [-0.15, -0.1) is 0 Å². The topological polar surface area (TPSA) is 0 Å². The highest BCUT2D eigenvalue weighted by atomic mass is 14.1. The molecule has 0 spiro atoms. The summed E-state index contributed by atoms with van der Waals surface area (Å²) in [5.41, 5.74) is 14.6. The fraction of sp³-hybridized carbons (Fsp3) is 0. The van der Waals surface area contributed by atoms with Crippen LogP contribution in [0.4, 0.5) is 0 Å². The molecule has 198 valence electrons. The quantitative estimate of drug-likeness (QED) is 0.199. The molecule has 0 aromatic heterocycles. The highest BCUT2D eigenvalue weighted by Gasteiger charge is 2.09. The third kappa shape index (κ3) is 5.44. The second-order valence-corrected chi connectivity index (χ2v) is 10.6. The zero-order valence-corrected chi connectivity index (χ0v) is 23.3. The molecule has 0 fully saturated rings. The minimum Gasteiger partial charge on any atom is -0.0622 e. The summed E-state index contributed by atoms with van der Waals surface area (Å²) < 4.78 is 0. The summed E-state index contributed by atoms with van der Waals surface area (Å²) in [6.45, 7) is 0. The van der Waals surface area contributed by atoms with Gasteiger partial charge in [-0.3, -0.25) is 0 Å². The molecule has 7 aromatic rings. The predicted octanol–water partition coefficient (Wildman–Crippen LogP) is 11.7. The minimum absolute atomic E-state index is 1.21. The van der Waals surface area contributed by atoms with Crippen LogP contribution in [0, 0.1) is 0 Å². The van der Waals surface area contributed by atoms with Crippen molar-refractivity contribution in [2.24, 2.45) is 0 Å². The number of benzene rings is 7. The van der Waals surface area contributed by atoms with Crippen LogP contribution in [0.25, 0.3) is 66.8 Å². The van der Waals surface area contributed by atoms with Crippen molar-refractivity contribution in [2.45, 2.75) is 0 Å². The average Bonchev–Trinajstić information content (AvgIpc) is 3.09. The van der Waals surface area contributed by atoms with Crippen LogP contribution < -0.4 is 0 Å². The molecule has 0 saturated carbocycles. The fourth-order valence-electron chi connectivity index (χ4n) is 5.63. The van der Waals surface area contributed by atoms with Crippen LogP contribution in [0.2, 0.25) is 0 Å². The Morgan fingerprint density at radius 1 is 0.143 bits per heavy atom. The Morgan fingerprint density at radius 3 is 0.762 bits per heavy atom. The monoisotopic (exact) mass is 534 g/mol. The van der Waals surface area contributed by atoms with E-state index in [-0.39, 0.29) is 0 Å². The molecular weight excluding hydrogens is 504 g/mol. The van der Waals surface area contributed by atoms with Gasteiger partial charge in [-0.25, -0.2) is 0 Å². The molecule has 0 heterocycles. The van der Waals surface area contributed by atoms with Gasteiger partial charge in [-0.05, 0) is 97.1 Å². The summed E-state index contributed by atoms with van der Waals surface area (Å²) in [4.78, 5) is 0. The smallest absolute Gasteiger partial charge is 0.0171 e. The Bertz CT molecular complexity index is 1880. The van der Waals surface area contributed by atoms with Crippen LogP contribution in [0.15, 0.2) is 182 Å². The van der Waals surface area contributed by atoms with Crippen LogP contribution in [0.3, 0.4) is 0 Å². The van der Waals surface area contributed by atoms with Gasteiger partial charge in [0.25, 0.3) is 0 Å². The van der Waals surface area contributed by atoms with Gasteiger partial charge in [0.2, 0.25) is 0 Å². The maximum atomic E-state index is 2.32. The third-order valence-electron chi connectivity index (χ3n) is 7.86. The molecule has 0 atom stereocenters. The number of rotatable bonds is 6. The lowest BCUT2D eigenvalue weighted by atomic mass is 9.91. The summed E-state index contributed by atoms with van der Waals surface area (Å²) >= 11 is 0. The molecule has 42 heavy (non-hydrogen) atoms. The first-order valence-corrected chi connectivity index (χ1v) is 14.4. The first-order chi connectivity index (χ1) is 20.8. The van der Waals surface area contributed by atoms with E-state index in [4.69, 9.17) is 0 Å². The molecule has 0 bridgehead atoms. The highest BCUT2D eigenvalue weighted by Crippen LogP contribution is 2.35. The maximum Gasteiger partial charge on any atom is -0.0171 e. The molecule has 7 rings (SSSR count). The summed E-state index contributed by atoms with van der Waals surface area (Å²) in [6.07, 6.45) is 0. The van der Waals surface area contributed by atoms with E-state index < -0.39 is 0 Å².